The number of likely N-dealkylation sites (tertiary alicyclic amines) is 1. The van der Waals surface area contributed by atoms with Crippen molar-refractivity contribution in [3.8, 4) is 0 Å². The van der Waals surface area contributed by atoms with Gasteiger partial charge in [0.25, 0.3) is 0 Å². The molecule has 0 spiro atoms. The number of hydrogen-bond acceptors (Lipinski definition) is 6. The van der Waals surface area contributed by atoms with Gasteiger partial charge in [0.1, 0.15) is 6.61 Å². The van der Waals surface area contributed by atoms with Crippen LogP contribution in [0.4, 0.5) is 0 Å². The van der Waals surface area contributed by atoms with E-state index in [4.69, 9.17) is 4.74 Å². The molecule has 202 valence electrons. The summed E-state index contributed by atoms with van der Waals surface area (Å²) in [5.41, 5.74) is 1.48. The molecule has 0 bridgehead atoms. The molecule has 0 radical (unpaired) electrons. The molecule has 1 aromatic rings. The van der Waals surface area contributed by atoms with Crippen LogP contribution in [0.1, 0.15) is 43.2 Å². The van der Waals surface area contributed by atoms with Crippen LogP contribution in [0, 0.1) is 13.8 Å². The van der Waals surface area contributed by atoms with Crippen molar-refractivity contribution in [1.29, 1.82) is 0 Å². The summed E-state index contributed by atoms with van der Waals surface area (Å²) in [5, 5.41) is 0. The second kappa shape index (κ2) is 12.2. The van der Waals surface area contributed by atoms with Gasteiger partial charge in [-0.05, 0) is 82.9 Å². The summed E-state index contributed by atoms with van der Waals surface area (Å²) in [6, 6.07) is 4.08. The predicted molar refractivity (Wildman–Crippen MR) is 145 cm³/mol. The summed E-state index contributed by atoms with van der Waals surface area (Å²) in [5.74, 6) is 0.00263. The molecule has 1 atom stereocenters. The molecule has 0 aliphatic carbocycles. The summed E-state index contributed by atoms with van der Waals surface area (Å²) in [6.45, 7) is 10.0. The first-order chi connectivity index (χ1) is 17.2. The average molecular weight is 586 g/mol. The fraction of sp³-hybridized carbons (Fsp3) is 0.731. The number of aryl methyl sites for hydroxylation is 2. The number of benzene rings is 1. The van der Waals surface area contributed by atoms with Gasteiger partial charge in [-0.15, -0.1) is 0 Å². The Balaban J connectivity index is 1.29. The molecular formula is C26H41BrN4O4S. The van der Waals surface area contributed by atoms with Gasteiger partial charge in [0.05, 0.1) is 11.5 Å². The maximum Gasteiger partial charge on any atom is 0.248 e. The van der Waals surface area contributed by atoms with E-state index >= 15 is 0 Å². The largest absolute Gasteiger partial charge is 0.370 e. The van der Waals surface area contributed by atoms with Gasteiger partial charge in [-0.1, -0.05) is 22.4 Å². The smallest absolute Gasteiger partial charge is 0.248 e. The second-order valence-electron chi connectivity index (χ2n) is 10.6. The number of carbonyl (C=O) groups is 1. The third kappa shape index (κ3) is 6.50. The lowest BCUT2D eigenvalue weighted by molar-refractivity contribution is -0.138. The van der Waals surface area contributed by atoms with Gasteiger partial charge in [0.15, 0.2) is 0 Å². The highest BCUT2D eigenvalue weighted by Crippen LogP contribution is 2.31. The van der Waals surface area contributed by atoms with Gasteiger partial charge in [0, 0.05) is 49.3 Å². The van der Waals surface area contributed by atoms with Crippen molar-refractivity contribution < 1.29 is 17.9 Å². The van der Waals surface area contributed by atoms with Crippen LogP contribution in [0.3, 0.4) is 0 Å². The number of amides is 1. The van der Waals surface area contributed by atoms with E-state index in [9.17, 15) is 13.2 Å². The monoisotopic (exact) mass is 584 g/mol. The Morgan fingerprint density at radius 1 is 0.972 bits per heavy atom. The molecule has 10 heteroatoms. The Labute approximate surface area is 225 Å². The number of sulfonamides is 1. The number of carbonyl (C=O) groups excluding carboxylic acids is 1. The number of piperidine rings is 2. The summed E-state index contributed by atoms with van der Waals surface area (Å²) < 4.78 is 35.6. The Hall–Kier alpha value is -1.04. The third-order valence-corrected chi connectivity index (χ3v) is 10.7. The lowest BCUT2D eigenvalue weighted by atomic mass is 10.0. The van der Waals surface area contributed by atoms with Crippen molar-refractivity contribution in [2.75, 3.05) is 66.1 Å². The molecule has 0 saturated carbocycles. The van der Waals surface area contributed by atoms with Crippen LogP contribution < -0.4 is 0 Å². The lowest BCUT2D eigenvalue weighted by Gasteiger charge is -2.42. The predicted octanol–water partition coefficient (Wildman–Crippen LogP) is 2.86. The SMILES string of the molecule is Cc1cc(Br)cc(C)c1S(=O)(=O)N1CCCCC1COCC(=O)N1CCN(C2CCN(C)CC2)CC1. The fourth-order valence-electron chi connectivity index (χ4n) is 5.95. The minimum Gasteiger partial charge on any atom is -0.370 e. The van der Waals surface area contributed by atoms with Gasteiger partial charge < -0.3 is 14.5 Å². The Kier molecular flexibility index (Phi) is 9.49. The number of rotatable bonds is 7. The van der Waals surface area contributed by atoms with Gasteiger partial charge in [-0.3, -0.25) is 9.69 Å². The topological polar surface area (TPSA) is 73.4 Å². The highest BCUT2D eigenvalue weighted by molar-refractivity contribution is 9.10. The summed E-state index contributed by atoms with van der Waals surface area (Å²) in [6.07, 6.45) is 4.95. The molecule has 3 saturated heterocycles. The quantitative estimate of drug-likeness (QED) is 0.490. The third-order valence-electron chi connectivity index (χ3n) is 7.97. The van der Waals surface area contributed by atoms with E-state index in [1.54, 1.807) is 4.31 Å². The average Bonchev–Trinajstić information content (AvgIpc) is 2.84. The highest BCUT2D eigenvalue weighted by Gasteiger charge is 2.36. The van der Waals surface area contributed by atoms with Crippen LogP contribution in [0.2, 0.25) is 0 Å². The van der Waals surface area contributed by atoms with Gasteiger partial charge in [-0.2, -0.15) is 4.31 Å². The standard InChI is InChI=1S/C26H41BrN4O4S/c1-20-16-22(27)17-21(2)26(20)36(33,34)31-9-5-4-6-24(31)18-35-19-25(32)30-14-12-29(13-15-30)23-7-10-28(3)11-8-23/h16-17,23-24H,4-15,18-19H2,1-3H3. The number of hydrogen-bond donors (Lipinski definition) is 0. The van der Waals surface area contributed by atoms with Crippen molar-refractivity contribution in [2.24, 2.45) is 0 Å². The molecule has 4 rings (SSSR count). The molecule has 0 N–H and O–H groups in total. The van der Waals surface area contributed by atoms with E-state index in [-0.39, 0.29) is 25.2 Å². The molecule has 1 unspecified atom stereocenters. The first kappa shape index (κ1) is 28.0. The minimum atomic E-state index is -3.65. The number of halogens is 1. The Morgan fingerprint density at radius 3 is 2.25 bits per heavy atom. The Bertz CT molecular complexity index is 998. The zero-order valence-electron chi connectivity index (χ0n) is 21.9. The van der Waals surface area contributed by atoms with Crippen LogP contribution in [-0.2, 0) is 19.6 Å². The molecule has 1 aromatic carbocycles. The van der Waals surface area contributed by atoms with Crippen molar-refractivity contribution in [1.82, 2.24) is 19.0 Å². The molecule has 3 heterocycles. The van der Waals surface area contributed by atoms with Gasteiger partial charge in [-0.25, -0.2) is 8.42 Å². The van der Waals surface area contributed by atoms with Crippen molar-refractivity contribution in [2.45, 2.75) is 62.9 Å². The minimum absolute atomic E-state index is 0.00263. The van der Waals surface area contributed by atoms with Crippen LogP contribution in [-0.4, -0.2) is 111 Å². The maximum absolute atomic E-state index is 13.6. The maximum atomic E-state index is 13.6. The van der Waals surface area contributed by atoms with Gasteiger partial charge in [0.2, 0.25) is 15.9 Å². The van der Waals surface area contributed by atoms with E-state index in [0.29, 0.717) is 17.5 Å². The zero-order valence-corrected chi connectivity index (χ0v) is 24.3. The van der Waals surface area contributed by atoms with E-state index in [1.165, 1.54) is 12.8 Å². The lowest BCUT2D eigenvalue weighted by Crippen LogP contribution is -2.54. The van der Waals surface area contributed by atoms with Crippen molar-refractivity contribution in [3.63, 3.8) is 0 Å². The first-order valence-corrected chi connectivity index (χ1v) is 15.5. The second-order valence-corrected chi connectivity index (χ2v) is 13.3. The molecule has 3 aliphatic rings. The zero-order chi connectivity index (χ0) is 25.9. The van der Waals surface area contributed by atoms with E-state index in [1.807, 2.05) is 30.9 Å². The van der Waals surface area contributed by atoms with Crippen molar-refractivity contribution in [3.05, 3.63) is 27.7 Å². The summed E-state index contributed by atoms with van der Waals surface area (Å²) in [7, 11) is -1.47. The van der Waals surface area contributed by atoms with Crippen LogP contribution in [0.15, 0.2) is 21.5 Å². The Morgan fingerprint density at radius 2 is 1.61 bits per heavy atom. The first-order valence-electron chi connectivity index (χ1n) is 13.2. The van der Waals surface area contributed by atoms with E-state index < -0.39 is 10.0 Å². The van der Waals surface area contributed by atoms with Crippen LogP contribution in [0.5, 0.6) is 0 Å². The molecule has 3 fully saturated rings. The number of ether oxygens (including phenoxy) is 1. The van der Waals surface area contributed by atoms with Gasteiger partial charge >= 0.3 is 0 Å². The molecule has 8 nitrogen and oxygen atoms in total. The van der Waals surface area contributed by atoms with Crippen molar-refractivity contribution >= 4 is 31.9 Å². The number of nitrogens with zero attached hydrogens (tertiary/aromatic N) is 4. The van der Waals surface area contributed by atoms with E-state index in [2.05, 4.69) is 32.8 Å². The number of piperazine rings is 1. The summed E-state index contributed by atoms with van der Waals surface area (Å²) in [4.78, 5) is 20.0. The molecule has 0 aromatic heterocycles. The molecule has 3 aliphatic heterocycles. The molecular weight excluding hydrogens is 544 g/mol. The normalized spacial score (nSPS) is 23.8. The fourth-order valence-corrected chi connectivity index (χ4v) is 8.73. The summed E-state index contributed by atoms with van der Waals surface area (Å²) >= 11 is 3.46. The highest BCUT2D eigenvalue weighted by atomic mass is 79.9. The molecule has 1 amide bonds. The van der Waals surface area contributed by atoms with Crippen LogP contribution in [0.25, 0.3) is 0 Å². The van der Waals surface area contributed by atoms with Crippen LogP contribution >= 0.6 is 15.9 Å². The van der Waals surface area contributed by atoms with E-state index in [0.717, 1.165) is 74.1 Å². The molecule has 36 heavy (non-hydrogen) atoms.